The number of rotatable bonds is 3. The number of hydrogen-bond donors (Lipinski definition) is 2. The topological polar surface area (TPSA) is 58.0 Å². The third kappa shape index (κ3) is 2.87. The molecule has 0 aromatic carbocycles. The van der Waals surface area contributed by atoms with E-state index in [1.807, 2.05) is 11.4 Å². The molecule has 0 unspecified atom stereocenters. The van der Waals surface area contributed by atoms with Gasteiger partial charge in [-0.1, -0.05) is 25.7 Å². The van der Waals surface area contributed by atoms with Crippen LogP contribution in [0.15, 0.2) is 17.8 Å². The van der Waals surface area contributed by atoms with Crippen LogP contribution in [0.3, 0.4) is 0 Å². The number of anilines is 1. The summed E-state index contributed by atoms with van der Waals surface area (Å²) in [6, 6.07) is 1.99. The highest BCUT2D eigenvalue weighted by molar-refractivity contribution is 7.17. The van der Waals surface area contributed by atoms with Crippen molar-refractivity contribution < 1.29 is 5.11 Å². The van der Waals surface area contributed by atoms with Crippen molar-refractivity contribution in [2.75, 3.05) is 11.9 Å². The summed E-state index contributed by atoms with van der Waals surface area (Å²) >= 11 is 1.63. The molecule has 2 heterocycles. The second-order valence-corrected chi connectivity index (χ2v) is 6.27. The molecule has 5 heteroatoms. The van der Waals surface area contributed by atoms with Crippen LogP contribution in [0.2, 0.25) is 0 Å². The molecule has 2 N–H and O–H groups in total. The van der Waals surface area contributed by atoms with E-state index in [1.165, 1.54) is 12.8 Å². The first kappa shape index (κ1) is 12.8. The molecule has 0 atom stereocenters. The minimum absolute atomic E-state index is 0.578. The van der Waals surface area contributed by atoms with Crippen molar-refractivity contribution in [1.82, 2.24) is 9.97 Å². The fourth-order valence-electron chi connectivity index (χ4n) is 2.73. The van der Waals surface area contributed by atoms with Gasteiger partial charge in [0.1, 0.15) is 12.1 Å². The van der Waals surface area contributed by atoms with Crippen LogP contribution in [0.4, 0.5) is 5.82 Å². The fourth-order valence-corrected chi connectivity index (χ4v) is 3.54. The van der Waals surface area contributed by atoms with Gasteiger partial charge in [0, 0.05) is 6.54 Å². The van der Waals surface area contributed by atoms with Crippen molar-refractivity contribution in [2.24, 2.45) is 0 Å². The van der Waals surface area contributed by atoms with E-state index in [4.69, 9.17) is 0 Å². The van der Waals surface area contributed by atoms with E-state index in [-0.39, 0.29) is 0 Å². The van der Waals surface area contributed by atoms with Crippen LogP contribution in [0.5, 0.6) is 0 Å². The molecule has 0 amide bonds. The fraction of sp³-hybridized carbons (Fsp3) is 0.571. The summed E-state index contributed by atoms with van der Waals surface area (Å²) in [7, 11) is 0. The molecule has 3 rings (SSSR count). The van der Waals surface area contributed by atoms with Crippen molar-refractivity contribution in [3.05, 3.63) is 17.8 Å². The molecule has 102 valence electrons. The molecule has 0 aliphatic heterocycles. The van der Waals surface area contributed by atoms with E-state index in [2.05, 4.69) is 15.3 Å². The first-order valence-electron chi connectivity index (χ1n) is 6.91. The van der Waals surface area contributed by atoms with E-state index in [0.29, 0.717) is 6.54 Å². The lowest BCUT2D eigenvalue weighted by atomic mass is 9.94. The van der Waals surface area contributed by atoms with Gasteiger partial charge in [0.25, 0.3) is 0 Å². The molecular formula is C14H19N3OS. The van der Waals surface area contributed by atoms with Gasteiger partial charge in [0.2, 0.25) is 0 Å². The Morgan fingerprint density at radius 1 is 1.21 bits per heavy atom. The van der Waals surface area contributed by atoms with Crippen LogP contribution in [0.1, 0.15) is 38.5 Å². The van der Waals surface area contributed by atoms with Gasteiger partial charge in [-0.3, -0.25) is 0 Å². The van der Waals surface area contributed by atoms with Crippen LogP contribution in [-0.4, -0.2) is 27.2 Å². The second-order valence-electron chi connectivity index (χ2n) is 5.35. The zero-order chi connectivity index (χ0) is 13.1. The maximum Gasteiger partial charge on any atom is 0.147 e. The number of fused-ring (bicyclic) bond motifs is 1. The number of hydrogen-bond acceptors (Lipinski definition) is 5. The highest BCUT2D eigenvalue weighted by Crippen LogP contribution is 2.29. The van der Waals surface area contributed by atoms with Gasteiger partial charge >= 0.3 is 0 Å². The lowest BCUT2D eigenvalue weighted by Gasteiger charge is -2.27. The Labute approximate surface area is 116 Å². The molecule has 2 aromatic rings. The highest BCUT2D eigenvalue weighted by atomic mass is 32.1. The lowest BCUT2D eigenvalue weighted by Crippen LogP contribution is -2.36. The van der Waals surface area contributed by atoms with Crippen molar-refractivity contribution in [1.29, 1.82) is 0 Å². The SMILES string of the molecule is OC1(CNc2ncnc3ccsc23)CCCCCC1. The molecule has 0 bridgehead atoms. The summed E-state index contributed by atoms with van der Waals surface area (Å²) in [6.07, 6.45) is 8.08. The molecule has 19 heavy (non-hydrogen) atoms. The second kappa shape index (κ2) is 5.43. The molecule has 0 spiro atoms. The first-order valence-corrected chi connectivity index (χ1v) is 7.79. The minimum Gasteiger partial charge on any atom is -0.388 e. The molecule has 0 saturated heterocycles. The largest absolute Gasteiger partial charge is 0.388 e. The Kier molecular flexibility index (Phi) is 3.66. The predicted molar refractivity (Wildman–Crippen MR) is 78.6 cm³/mol. The summed E-state index contributed by atoms with van der Waals surface area (Å²) in [6.45, 7) is 0.580. The highest BCUT2D eigenvalue weighted by Gasteiger charge is 2.27. The zero-order valence-electron chi connectivity index (χ0n) is 10.9. The van der Waals surface area contributed by atoms with Crippen molar-refractivity contribution in [3.8, 4) is 0 Å². The molecule has 4 nitrogen and oxygen atoms in total. The Bertz CT molecular complexity index is 546. The standard InChI is InChI=1S/C14H19N3OS/c18-14(6-3-1-2-4-7-14)9-15-13-12-11(5-8-19-12)16-10-17-13/h5,8,10,18H,1-4,6-7,9H2,(H,15,16,17). The normalized spacial score (nSPS) is 19.2. The third-order valence-corrected chi connectivity index (χ3v) is 4.77. The van der Waals surface area contributed by atoms with Gasteiger partial charge in [0.15, 0.2) is 0 Å². The van der Waals surface area contributed by atoms with E-state index in [0.717, 1.165) is 41.7 Å². The van der Waals surface area contributed by atoms with Crippen LogP contribution < -0.4 is 5.32 Å². The van der Waals surface area contributed by atoms with Gasteiger partial charge in [-0.15, -0.1) is 11.3 Å². The summed E-state index contributed by atoms with van der Waals surface area (Å²) in [5.74, 6) is 0.845. The van der Waals surface area contributed by atoms with Crippen molar-refractivity contribution >= 4 is 27.4 Å². The first-order chi connectivity index (χ1) is 9.27. The smallest absolute Gasteiger partial charge is 0.147 e. The number of thiophene rings is 1. The summed E-state index contributed by atoms with van der Waals surface area (Å²) in [5, 5.41) is 16.0. The van der Waals surface area contributed by atoms with Gasteiger partial charge in [-0.25, -0.2) is 9.97 Å². The monoisotopic (exact) mass is 277 g/mol. The Balaban J connectivity index is 1.73. The average molecular weight is 277 g/mol. The summed E-state index contributed by atoms with van der Waals surface area (Å²) in [5.41, 5.74) is 0.390. The van der Waals surface area contributed by atoms with E-state index >= 15 is 0 Å². The Morgan fingerprint density at radius 2 is 2.00 bits per heavy atom. The molecule has 1 aliphatic rings. The number of nitrogens with one attached hydrogen (secondary N) is 1. The number of aromatic nitrogens is 2. The number of nitrogens with zero attached hydrogens (tertiary/aromatic N) is 2. The van der Waals surface area contributed by atoms with Gasteiger partial charge < -0.3 is 10.4 Å². The molecule has 1 aliphatic carbocycles. The van der Waals surface area contributed by atoms with Crippen molar-refractivity contribution in [2.45, 2.75) is 44.1 Å². The lowest BCUT2D eigenvalue weighted by molar-refractivity contribution is 0.0381. The predicted octanol–water partition coefficient (Wildman–Crippen LogP) is 3.19. The molecule has 1 fully saturated rings. The van der Waals surface area contributed by atoms with Crippen molar-refractivity contribution in [3.63, 3.8) is 0 Å². The van der Waals surface area contributed by atoms with Gasteiger partial charge in [0.05, 0.1) is 15.8 Å². The van der Waals surface area contributed by atoms with Crippen LogP contribution >= 0.6 is 11.3 Å². The molecule has 2 aromatic heterocycles. The maximum absolute atomic E-state index is 10.6. The molecule has 1 saturated carbocycles. The quantitative estimate of drug-likeness (QED) is 0.846. The molecule has 0 radical (unpaired) electrons. The Morgan fingerprint density at radius 3 is 2.79 bits per heavy atom. The third-order valence-electron chi connectivity index (χ3n) is 3.86. The average Bonchev–Trinajstić information content (AvgIpc) is 2.80. The number of aliphatic hydroxyl groups is 1. The Hall–Kier alpha value is -1.20. The zero-order valence-corrected chi connectivity index (χ0v) is 11.7. The van der Waals surface area contributed by atoms with Crippen LogP contribution in [-0.2, 0) is 0 Å². The molecular weight excluding hydrogens is 258 g/mol. The van der Waals surface area contributed by atoms with E-state index < -0.39 is 5.60 Å². The summed E-state index contributed by atoms with van der Waals surface area (Å²) in [4.78, 5) is 8.52. The van der Waals surface area contributed by atoms with Crippen LogP contribution in [0.25, 0.3) is 10.2 Å². The van der Waals surface area contributed by atoms with Gasteiger partial charge in [-0.2, -0.15) is 0 Å². The van der Waals surface area contributed by atoms with E-state index in [9.17, 15) is 5.11 Å². The maximum atomic E-state index is 10.6. The van der Waals surface area contributed by atoms with E-state index in [1.54, 1.807) is 17.7 Å². The summed E-state index contributed by atoms with van der Waals surface area (Å²) < 4.78 is 1.07. The van der Waals surface area contributed by atoms with Gasteiger partial charge in [-0.05, 0) is 24.3 Å². The van der Waals surface area contributed by atoms with Crippen LogP contribution in [0, 0.1) is 0 Å². The minimum atomic E-state index is -0.578.